The second-order valence-electron chi connectivity index (χ2n) is 6.13. The summed E-state index contributed by atoms with van der Waals surface area (Å²) in [6, 6.07) is 11.3. The molecule has 28 heavy (non-hydrogen) atoms. The second-order valence-corrected chi connectivity index (χ2v) is 8.61. The van der Waals surface area contributed by atoms with E-state index in [2.05, 4.69) is 26.2 Å². The van der Waals surface area contributed by atoms with Crippen molar-refractivity contribution in [3.05, 3.63) is 69.2 Å². The van der Waals surface area contributed by atoms with Gasteiger partial charge in [-0.2, -0.15) is 0 Å². The van der Waals surface area contributed by atoms with Gasteiger partial charge >= 0.3 is 0 Å². The minimum absolute atomic E-state index is 0.0371. The number of nitrogens with one attached hydrogen (secondary N) is 1. The molecular weight excluding hydrogens is 448 g/mol. The average Bonchev–Trinajstić information content (AvgIpc) is 2.64. The van der Waals surface area contributed by atoms with Crippen LogP contribution in [0.4, 0.5) is 0 Å². The molecule has 1 heterocycles. The van der Waals surface area contributed by atoms with Crippen LogP contribution in [-0.2, 0) is 27.8 Å². The quantitative estimate of drug-likeness (QED) is 0.566. The van der Waals surface area contributed by atoms with Crippen LogP contribution in [0.3, 0.4) is 0 Å². The number of amides is 1. The molecule has 0 aliphatic rings. The number of fused-ring (bicyclic) bond motifs is 1. The van der Waals surface area contributed by atoms with Crippen molar-refractivity contribution in [3.8, 4) is 0 Å². The molecule has 10 heteroatoms. The highest BCUT2D eigenvalue weighted by molar-refractivity contribution is 9.10. The number of halogens is 1. The number of nitrogens with zero attached hydrogens (tertiary/aromatic N) is 2. The van der Waals surface area contributed by atoms with E-state index in [1.165, 1.54) is 23.0 Å². The van der Waals surface area contributed by atoms with Gasteiger partial charge in [-0.25, -0.2) is 18.5 Å². The SMILES string of the molecule is NS(=O)(=O)c1ccc(CCNC(=O)Cn2cnc3ccc(Br)cc3c2=O)cc1. The number of rotatable bonds is 6. The van der Waals surface area contributed by atoms with E-state index < -0.39 is 10.0 Å². The van der Waals surface area contributed by atoms with E-state index in [-0.39, 0.29) is 22.9 Å². The maximum atomic E-state index is 12.5. The Morgan fingerprint density at radius 2 is 1.89 bits per heavy atom. The number of sulfonamides is 1. The molecule has 0 atom stereocenters. The van der Waals surface area contributed by atoms with Crippen molar-refractivity contribution in [1.82, 2.24) is 14.9 Å². The highest BCUT2D eigenvalue weighted by atomic mass is 79.9. The molecule has 0 radical (unpaired) electrons. The van der Waals surface area contributed by atoms with Gasteiger partial charge in [-0.15, -0.1) is 0 Å². The van der Waals surface area contributed by atoms with Gasteiger partial charge in [0.25, 0.3) is 5.56 Å². The van der Waals surface area contributed by atoms with E-state index in [0.717, 1.165) is 10.0 Å². The topological polar surface area (TPSA) is 124 Å². The first-order chi connectivity index (χ1) is 13.2. The number of hydrogen-bond acceptors (Lipinski definition) is 5. The highest BCUT2D eigenvalue weighted by Gasteiger charge is 2.09. The third kappa shape index (κ3) is 4.83. The van der Waals surface area contributed by atoms with Crippen LogP contribution in [0.25, 0.3) is 10.9 Å². The lowest BCUT2D eigenvalue weighted by molar-refractivity contribution is -0.121. The van der Waals surface area contributed by atoms with Gasteiger partial charge in [0.2, 0.25) is 15.9 Å². The van der Waals surface area contributed by atoms with Crippen LogP contribution in [0.15, 0.2) is 63.0 Å². The lowest BCUT2D eigenvalue weighted by Gasteiger charge is -2.08. The summed E-state index contributed by atoms with van der Waals surface area (Å²) < 4.78 is 24.5. The number of carbonyl (C=O) groups is 1. The summed E-state index contributed by atoms with van der Waals surface area (Å²) in [7, 11) is -3.72. The van der Waals surface area contributed by atoms with E-state index in [4.69, 9.17) is 5.14 Å². The van der Waals surface area contributed by atoms with E-state index in [0.29, 0.717) is 23.9 Å². The van der Waals surface area contributed by atoms with Crippen molar-refractivity contribution in [2.75, 3.05) is 6.54 Å². The van der Waals surface area contributed by atoms with Crippen LogP contribution in [-0.4, -0.2) is 30.4 Å². The van der Waals surface area contributed by atoms with Gasteiger partial charge < -0.3 is 5.32 Å². The first kappa shape index (κ1) is 20.2. The maximum Gasteiger partial charge on any atom is 0.261 e. The molecule has 1 amide bonds. The minimum atomic E-state index is -3.72. The number of benzene rings is 2. The van der Waals surface area contributed by atoms with Crippen molar-refractivity contribution in [2.45, 2.75) is 17.9 Å². The van der Waals surface area contributed by atoms with Gasteiger partial charge in [-0.3, -0.25) is 14.2 Å². The van der Waals surface area contributed by atoms with Gasteiger partial charge in [0, 0.05) is 11.0 Å². The first-order valence-corrected chi connectivity index (χ1v) is 10.6. The van der Waals surface area contributed by atoms with Crippen LogP contribution in [0.1, 0.15) is 5.56 Å². The van der Waals surface area contributed by atoms with E-state index >= 15 is 0 Å². The third-order valence-electron chi connectivity index (χ3n) is 4.09. The van der Waals surface area contributed by atoms with Crippen LogP contribution in [0.5, 0.6) is 0 Å². The number of aromatic nitrogens is 2. The Morgan fingerprint density at radius 1 is 1.18 bits per heavy atom. The zero-order valence-electron chi connectivity index (χ0n) is 14.6. The summed E-state index contributed by atoms with van der Waals surface area (Å²) in [5, 5.41) is 8.22. The van der Waals surface area contributed by atoms with Crippen molar-refractivity contribution in [2.24, 2.45) is 5.14 Å². The molecule has 0 bridgehead atoms. The molecule has 0 fully saturated rings. The van der Waals surface area contributed by atoms with Gasteiger partial charge in [0.15, 0.2) is 0 Å². The standard InChI is InChI=1S/C18H17BrN4O4S/c19-13-3-6-16-15(9-13)18(25)23(11-22-16)10-17(24)21-8-7-12-1-4-14(5-2-12)28(20,26)27/h1-6,9,11H,7-8,10H2,(H,21,24)(H2,20,26,27). The van der Waals surface area contributed by atoms with E-state index in [1.54, 1.807) is 30.3 Å². The molecule has 3 aromatic rings. The smallest absolute Gasteiger partial charge is 0.261 e. The molecule has 0 unspecified atom stereocenters. The Hall–Kier alpha value is -2.56. The molecule has 3 rings (SSSR count). The molecule has 2 aromatic carbocycles. The molecule has 8 nitrogen and oxygen atoms in total. The fraction of sp³-hybridized carbons (Fsp3) is 0.167. The Morgan fingerprint density at radius 3 is 2.57 bits per heavy atom. The van der Waals surface area contributed by atoms with Gasteiger partial charge in [0.05, 0.1) is 22.1 Å². The highest BCUT2D eigenvalue weighted by Crippen LogP contribution is 2.14. The lowest BCUT2D eigenvalue weighted by atomic mass is 10.1. The van der Waals surface area contributed by atoms with Crippen LogP contribution in [0.2, 0.25) is 0 Å². The third-order valence-corrected chi connectivity index (χ3v) is 5.51. The predicted molar refractivity (Wildman–Crippen MR) is 108 cm³/mol. The lowest BCUT2D eigenvalue weighted by Crippen LogP contribution is -2.33. The molecule has 0 saturated heterocycles. The molecule has 3 N–H and O–H groups in total. The van der Waals surface area contributed by atoms with Gasteiger partial charge in [0.1, 0.15) is 6.54 Å². The predicted octanol–water partition coefficient (Wildman–Crippen LogP) is 1.17. The number of carbonyl (C=O) groups excluding carboxylic acids is 1. The molecule has 0 spiro atoms. The first-order valence-electron chi connectivity index (χ1n) is 8.27. The van der Waals surface area contributed by atoms with Crippen LogP contribution < -0.4 is 16.0 Å². The Labute approximate surface area is 169 Å². The van der Waals surface area contributed by atoms with Crippen molar-refractivity contribution in [1.29, 1.82) is 0 Å². The Balaban J connectivity index is 1.60. The molecule has 1 aromatic heterocycles. The average molecular weight is 465 g/mol. The Kier molecular flexibility index (Phi) is 5.92. The number of primary sulfonamides is 1. The van der Waals surface area contributed by atoms with Crippen LogP contribution >= 0.6 is 15.9 Å². The fourth-order valence-electron chi connectivity index (χ4n) is 2.65. The van der Waals surface area contributed by atoms with Crippen LogP contribution in [0, 0.1) is 0 Å². The maximum absolute atomic E-state index is 12.5. The minimum Gasteiger partial charge on any atom is -0.354 e. The van der Waals surface area contributed by atoms with E-state index in [1.807, 2.05) is 0 Å². The van der Waals surface area contributed by atoms with Crippen molar-refractivity contribution < 1.29 is 13.2 Å². The molecule has 0 aliphatic heterocycles. The van der Waals surface area contributed by atoms with E-state index in [9.17, 15) is 18.0 Å². The zero-order chi connectivity index (χ0) is 20.3. The normalized spacial score (nSPS) is 11.5. The molecular formula is C18H17BrN4O4S. The summed E-state index contributed by atoms with van der Waals surface area (Å²) in [6.07, 6.45) is 1.86. The molecule has 0 saturated carbocycles. The number of hydrogen-bond donors (Lipinski definition) is 2. The monoisotopic (exact) mass is 464 g/mol. The summed E-state index contributed by atoms with van der Waals surface area (Å²) in [6.45, 7) is 0.202. The summed E-state index contributed by atoms with van der Waals surface area (Å²) >= 11 is 3.32. The summed E-state index contributed by atoms with van der Waals surface area (Å²) in [4.78, 5) is 28.9. The van der Waals surface area contributed by atoms with Gasteiger partial charge in [-0.05, 0) is 42.3 Å². The fourth-order valence-corrected chi connectivity index (χ4v) is 3.52. The largest absolute Gasteiger partial charge is 0.354 e. The second kappa shape index (κ2) is 8.21. The molecule has 146 valence electrons. The van der Waals surface area contributed by atoms with Crippen molar-refractivity contribution >= 4 is 42.8 Å². The molecule has 0 aliphatic carbocycles. The summed E-state index contributed by atoms with van der Waals surface area (Å²) in [5.74, 6) is -0.320. The number of nitrogens with two attached hydrogens (primary N) is 1. The Bertz CT molecular complexity index is 1190. The zero-order valence-corrected chi connectivity index (χ0v) is 17.0. The summed E-state index contributed by atoms with van der Waals surface area (Å²) in [5.41, 5.74) is 1.12. The van der Waals surface area contributed by atoms with Crippen molar-refractivity contribution in [3.63, 3.8) is 0 Å². The van der Waals surface area contributed by atoms with Gasteiger partial charge in [-0.1, -0.05) is 28.1 Å².